The Morgan fingerprint density at radius 1 is 0.789 bits per heavy atom. The number of nitrogens with zero attached hydrogens (tertiary/aromatic N) is 1. The molecule has 0 aliphatic carbocycles. The Kier molecular flexibility index (Phi) is 22.6. The van der Waals surface area contributed by atoms with Gasteiger partial charge in [0.2, 0.25) is 0 Å². The molecule has 9 unspecified atom stereocenters. The Morgan fingerprint density at radius 3 is 1.84 bits per heavy atom. The number of esters is 3. The van der Waals surface area contributed by atoms with Gasteiger partial charge in [0, 0.05) is 12.3 Å². The third-order valence-electron chi connectivity index (χ3n) is 13.0. The summed E-state index contributed by atoms with van der Waals surface area (Å²) < 4.78 is 17.7. The molecule has 10 heteroatoms. The normalized spacial score (nSPS) is 23.2. The van der Waals surface area contributed by atoms with Crippen molar-refractivity contribution in [2.75, 3.05) is 26.4 Å². The summed E-state index contributed by atoms with van der Waals surface area (Å²) in [6.45, 7) is 20.4. The van der Waals surface area contributed by atoms with E-state index in [9.17, 15) is 24.3 Å². The minimum atomic E-state index is -1.24. The Morgan fingerprint density at radius 2 is 1.33 bits per heavy atom. The molecule has 2 rings (SSSR count). The molecule has 9 atom stereocenters. The molecule has 1 aliphatic rings. The SMILES string of the molecule is CCCCC(CC)COC(=O)C(CC(CC(ON1C(C)(CC)CC(=O)C(C)C1(C)CC)C(=O)OCC(CC)CCCC)C(=O)OCCO)CC(C)c1ccccc1. The number of carbonyl (C=O) groups is 4. The molecule has 0 aromatic heterocycles. The lowest BCUT2D eigenvalue weighted by atomic mass is 9.70. The van der Waals surface area contributed by atoms with Gasteiger partial charge in [0.1, 0.15) is 12.4 Å². The van der Waals surface area contributed by atoms with Gasteiger partial charge in [-0.05, 0) is 82.1 Å². The van der Waals surface area contributed by atoms with E-state index < -0.39 is 41.0 Å². The lowest BCUT2D eigenvalue weighted by molar-refractivity contribution is -0.315. The highest BCUT2D eigenvalue weighted by molar-refractivity contribution is 5.84. The van der Waals surface area contributed by atoms with Gasteiger partial charge in [-0.1, -0.05) is 124 Å². The topological polar surface area (TPSA) is 129 Å². The second kappa shape index (κ2) is 25.6. The summed E-state index contributed by atoms with van der Waals surface area (Å²) in [5.74, 6) is -3.11. The molecular formula is C47H79NO9. The third kappa shape index (κ3) is 15.1. The molecule has 1 fully saturated rings. The summed E-state index contributed by atoms with van der Waals surface area (Å²) >= 11 is 0. The van der Waals surface area contributed by atoms with Crippen LogP contribution in [0.2, 0.25) is 0 Å². The average molecular weight is 802 g/mol. The molecule has 1 aromatic rings. The van der Waals surface area contributed by atoms with Crippen LogP contribution in [0, 0.1) is 29.6 Å². The highest BCUT2D eigenvalue weighted by atomic mass is 16.7. The average Bonchev–Trinajstić information content (AvgIpc) is 3.22. The van der Waals surface area contributed by atoms with Gasteiger partial charge in [-0.15, -0.1) is 0 Å². The van der Waals surface area contributed by atoms with E-state index in [1.807, 2.05) is 70.0 Å². The molecule has 326 valence electrons. The van der Waals surface area contributed by atoms with Crippen LogP contribution in [-0.2, 0) is 38.2 Å². The zero-order valence-electron chi connectivity index (χ0n) is 37.3. The first kappa shape index (κ1) is 50.3. The number of Topliss-reactive ketones (excluding diaryl/α,β-unsaturated/α-hetero) is 1. The molecule has 1 N–H and O–H groups in total. The molecule has 0 amide bonds. The van der Waals surface area contributed by atoms with Crippen molar-refractivity contribution < 1.29 is 43.3 Å². The van der Waals surface area contributed by atoms with Gasteiger partial charge >= 0.3 is 17.9 Å². The number of aliphatic hydroxyl groups excluding tert-OH is 1. The zero-order chi connectivity index (χ0) is 42.6. The summed E-state index contributed by atoms with van der Waals surface area (Å²) in [7, 11) is 0. The fourth-order valence-corrected chi connectivity index (χ4v) is 8.21. The van der Waals surface area contributed by atoms with Gasteiger partial charge in [-0.3, -0.25) is 19.2 Å². The van der Waals surface area contributed by atoms with Gasteiger partial charge in [-0.25, -0.2) is 4.79 Å². The summed E-state index contributed by atoms with van der Waals surface area (Å²) in [5.41, 5.74) is -0.407. The van der Waals surface area contributed by atoms with Gasteiger partial charge in [-0.2, -0.15) is 5.06 Å². The Balaban J connectivity index is 2.63. The first-order valence-corrected chi connectivity index (χ1v) is 22.3. The van der Waals surface area contributed by atoms with Crippen LogP contribution in [0.15, 0.2) is 30.3 Å². The van der Waals surface area contributed by atoms with Crippen molar-refractivity contribution in [3.63, 3.8) is 0 Å². The number of hydrogen-bond acceptors (Lipinski definition) is 10. The predicted octanol–water partition coefficient (Wildman–Crippen LogP) is 9.80. The number of hydroxylamine groups is 2. The van der Waals surface area contributed by atoms with Crippen LogP contribution in [0.4, 0.5) is 0 Å². The van der Waals surface area contributed by atoms with E-state index in [1.54, 1.807) is 0 Å². The second-order valence-corrected chi connectivity index (χ2v) is 17.2. The maximum atomic E-state index is 14.4. The van der Waals surface area contributed by atoms with E-state index in [0.29, 0.717) is 25.9 Å². The van der Waals surface area contributed by atoms with Crippen molar-refractivity contribution in [3.8, 4) is 0 Å². The number of unbranched alkanes of at least 4 members (excludes halogenated alkanes) is 2. The molecule has 1 heterocycles. The van der Waals surface area contributed by atoms with Crippen LogP contribution < -0.4 is 0 Å². The lowest BCUT2D eigenvalue weighted by Gasteiger charge is -2.56. The third-order valence-corrected chi connectivity index (χ3v) is 13.0. The van der Waals surface area contributed by atoms with Gasteiger partial charge < -0.3 is 19.3 Å². The molecule has 1 saturated heterocycles. The van der Waals surface area contributed by atoms with Gasteiger partial charge in [0.25, 0.3) is 0 Å². The van der Waals surface area contributed by atoms with E-state index in [0.717, 1.165) is 56.9 Å². The number of hydrogen-bond donors (Lipinski definition) is 1. The van der Waals surface area contributed by atoms with E-state index in [-0.39, 0.29) is 74.5 Å². The zero-order valence-corrected chi connectivity index (χ0v) is 37.3. The van der Waals surface area contributed by atoms with Crippen LogP contribution in [0.5, 0.6) is 0 Å². The van der Waals surface area contributed by atoms with E-state index in [1.165, 1.54) is 0 Å². The maximum Gasteiger partial charge on any atom is 0.337 e. The molecule has 0 saturated carbocycles. The van der Waals surface area contributed by atoms with E-state index >= 15 is 0 Å². The lowest BCUT2D eigenvalue weighted by Crippen LogP contribution is -2.67. The molecule has 0 spiro atoms. The molecular weight excluding hydrogens is 723 g/mol. The van der Waals surface area contributed by atoms with Crippen molar-refractivity contribution in [1.82, 2.24) is 5.06 Å². The quantitative estimate of drug-likeness (QED) is 0.0646. The first-order chi connectivity index (χ1) is 27.2. The summed E-state index contributed by atoms with van der Waals surface area (Å²) in [6.07, 6.45) is 8.33. The molecule has 57 heavy (non-hydrogen) atoms. The van der Waals surface area contributed by atoms with Gasteiger partial charge in [0.15, 0.2) is 6.10 Å². The van der Waals surface area contributed by atoms with Crippen molar-refractivity contribution in [2.24, 2.45) is 29.6 Å². The summed E-state index contributed by atoms with van der Waals surface area (Å²) in [4.78, 5) is 62.9. The number of carbonyl (C=O) groups excluding carboxylic acids is 4. The minimum Gasteiger partial charge on any atom is -0.465 e. The monoisotopic (exact) mass is 802 g/mol. The predicted molar refractivity (Wildman–Crippen MR) is 225 cm³/mol. The van der Waals surface area contributed by atoms with Crippen molar-refractivity contribution in [1.29, 1.82) is 0 Å². The standard InChI is InChI=1S/C47H79NO9/c1-11-17-22-36(13-3)32-55-44(52)39(28-34(7)38-24-20-19-21-25-38)29-40(43(51)54-27-26-49)30-42(45(53)56-33-37(14-4)23-18-12-2)57-48-46(9,15-5)31-41(50)35(8)47(48,10)16-6/h19-21,24-25,34-37,39-40,42,49H,11-18,22-23,26-33H2,1-10H3. The number of rotatable bonds is 28. The number of benzene rings is 1. The molecule has 0 bridgehead atoms. The number of aliphatic hydroxyl groups is 1. The van der Waals surface area contributed by atoms with Crippen molar-refractivity contribution >= 4 is 23.7 Å². The maximum absolute atomic E-state index is 14.4. The number of ketones is 1. The first-order valence-electron chi connectivity index (χ1n) is 22.3. The molecule has 1 aromatic carbocycles. The molecule has 0 radical (unpaired) electrons. The van der Waals surface area contributed by atoms with Crippen molar-refractivity contribution in [3.05, 3.63) is 35.9 Å². The van der Waals surface area contributed by atoms with Crippen LogP contribution in [0.1, 0.15) is 171 Å². The Labute approximate surface area is 345 Å². The van der Waals surface area contributed by atoms with Crippen LogP contribution in [-0.4, -0.2) is 77.5 Å². The largest absolute Gasteiger partial charge is 0.465 e. The van der Waals surface area contributed by atoms with Crippen LogP contribution in [0.3, 0.4) is 0 Å². The van der Waals surface area contributed by atoms with Gasteiger partial charge in [0.05, 0.1) is 42.7 Å². The number of ether oxygens (including phenoxy) is 3. The van der Waals surface area contributed by atoms with Crippen LogP contribution >= 0.6 is 0 Å². The van der Waals surface area contributed by atoms with E-state index in [2.05, 4.69) is 34.6 Å². The van der Waals surface area contributed by atoms with E-state index in [4.69, 9.17) is 19.0 Å². The van der Waals surface area contributed by atoms with Crippen molar-refractivity contribution in [2.45, 2.75) is 182 Å². The highest BCUT2D eigenvalue weighted by Crippen LogP contribution is 2.45. The summed E-state index contributed by atoms with van der Waals surface area (Å²) in [6, 6.07) is 9.95. The molecule has 10 nitrogen and oxygen atoms in total. The molecule has 1 aliphatic heterocycles. The number of piperidine rings is 1. The summed E-state index contributed by atoms with van der Waals surface area (Å²) in [5, 5.41) is 11.5. The second-order valence-electron chi connectivity index (χ2n) is 17.2. The Hall–Kier alpha value is -2.82. The highest BCUT2D eigenvalue weighted by Gasteiger charge is 2.55. The minimum absolute atomic E-state index is 0.0334. The smallest absolute Gasteiger partial charge is 0.337 e. The Bertz CT molecular complexity index is 1340. The fraction of sp³-hybridized carbons (Fsp3) is 0.787. The van der Waals surface area contributed by atoms with Crippen LogP contribution in [0.25, 0.3) is 0 Å². The fourth-order valence-electron chi connectivity index (χ4n) is 8.21.